The van der Waals surface area contributed by atoms with Crippen LogP contribution in [0.2, 0.25) is 0 Å². The number of rotatable bonds is 3. The van der Waals surface area contributed by atoms with Gasteiger partial charge in [0.25, 0.3) is 11.8 Å². The van der Waals surface area contributed by atoms with Gasteiger partial charge in [-0.05, 0) is 13.0 Å². The van der Waals surface area contributed by atoms with Crippen molar-refractivity contribution in [3.63, 3.8) is 0 Å². The number of aliphatic carboxylic acids is 1. The molecule has 0 atom stereocenters. The van der Waals surface area contributed by atoms with Crippen LogP contribution in [-0.2, 0) is 9.59 Å². The number of nitrogens with one attached hydrogen (secondary N) is 2. The van der Waals surface area contributed by atoms with E-state index in [1.165, 1.54) is 12.3 Å². The first-order chi connectivity index (χ1) is 8.00. The maximum atomic E-state index is 11.4. The van der Waals surface area contributed by atoms with Crippen molar-refractivity contribution >= 4 is 17.8 Å². The van der Waals surface area contributed by atoms with Gasteiger partial charge in [-0.3, -0.25) is 20.4 Å². The summed E-state index contributed by atoms with van der Waals surface area (Å²) in [5.41, 5.74) is 4.41. The molecule has 0 aliphatic carbocycles. The highest BCUT2D eigenvalue weighted by Crippen LogP contribution is 2.07. The zero-order valence-electron chi connectivity index (χ0n) is 8.89. The number of carboxylic acid groups (broad SMARTS) is 1. The highest BCUT2D eigenvalue weighted by Gasteiger charge is 2.11. The summed E-state index contributed by atoms with van der Waals surface area (Å²) in [5, 5.41) is 8.26. The zero-order valence-corrected chi connectivity index (χ0v) is 8.89. The molecule has 1 heterocycles. The van der Waals surface area contributed by atoms with Crippen LogP contribution in [0.1, 0.15) is 16.1 Å². The second kappa shape index (κ2) is 5.50. The van der Waals surface area contributed by atoms with Crippen molar-refractivity contribution in [1.82, 2.24) is 10.9 Å². The fraction of sp³-hybridized carbons (Fsp3) is 0.100. The molecule has 0 spiro atoms. The largest absolute Gasteiger partial charge is 0.478 e. The maximum Gasteiger partial charge on any atom is 0.328 e. The first kappa shape index (κ1) is 12.5. The summed E-state index contributed by atoms with van der Waals surface area (Å²) in [6, 6.07) is 1.45. The monoisotopic (exact) mass is 238 g/mol. The van der Waals surface area contributed by atoms with E-state index >= 15 is 0 Å². The van der Waals surface area contributed by atoms with E-state index in [0.29, 0.717) is 11.8 Å². The normalized spacial score (nSPS) is 10.2. The van der Waals surface area contributed by atoms with Crippen LogP contribution in [0, 0.1) is 6.92 Å². The minimum absolute atomic E-state index is 0.285. The van der Waals surface area contributed by atoms with Crippen molar-refractivity contribution in [3.8, 4) is 0 Å². The average Bonchev–Trinajstić information content (AvgIpc) is 2.69. The van der Waals surface area contributed by atoms with Crippen LogP contribution in [0.15, 0.2) is 28.9 Å². The van der Waals surface area contributed by atoms with Gasteiger partial charge < -0.3 is 9.52 Å². The summed E-state index contributed by atoms with van der Waals surface area (Å²) >= 11 is 0. The Labute approximate surface area is 96.1 Å². The van der Waals surface area contributed by atoms with Crippen molar-refractivity contribution in [2.45, 2.75) is 6.92 Å². The molecular formula is C10H10N2O5. The lowest BCUT2D eigenvalue weighted by atomic mass is 10.2. The topological polar surface area (TPSA) is 109 Å². The molecule has 3 N–H and O–H groups in total. The molecule has 0 unspecified atom stereocenters. The Morgan fingerprint density at radius 2 is 2.00 bits per heavy atom. The number of carboxylic acids is 1. The molecular weight excluding hydrogens is 228 g/mol. The fourth-order valence-corrected chi connectivity index (χ4v) is 0.995. The number of aryl methyl sites for hydroxylation is 1. The minimum atomic E-state index is -1.25. The molecule has 0 bridgehead atoms. The van der Waals surface area contributed by atoms with Crippen molar-refractivity contribution in [2.24, 2.45) is 0 Å². The maximum absolute atomic E-state index is 11.4. The van der Waals surface area contributed by atoms with Gasteiger partial charge in [0.1, 0.15) is 5.76 Å². The van der Waals surface area contributed by atoms with Crippen molar-refractivity contribution in [2.75, 3.05) is 0 Å². The third kappa shape index (κ3) is 3.82. The Balaban J connectivity index is 2.47. The van der Waals surface area contributed by atoms with Crippen LogP contribution in [0.4, 0.5) is 0 Å². The first-order valence-electron chi connectivity index (χ1n) is 4.56. The van der Waals surface area contributed by atoms with Crippen LogP contribution < -0.4 is 10.9 Å². The van der Waals surface area contributed by atoms with Gasteiger partial charge in [-0.15, -0.1) is 0 Å². The van der Waals surface area contributed by atoms with E-state index in [-0.39, 0.29) is 5.56 Å². The number of hydrogen-bond acceptors (Lipinski definition) is 4. The summed E-state index contributed by atoms with van der Waals surface area (Å²) in [6.45, 7) is 1.60. The molecule has 1 rings (SSSR count). The summed E-state index contributed by atoms with van der Waals surface area (Å²) in [6.07, 6.45) is 2.78. The highest BCUT2D eigenvalue weighted by atomic mass is 16.4. The molecule has 0 saturated heterocycles. The van der Waals surface area contributed by atoms with Gasteiger partial charge in [0.05, 0.1) is 11.8 Å². The van der Waals surface area contributed by atoms with E-state index in [0.717, 1.165) is 6.08 Å². The van der Waals surface area contributed by atoms with Crippen LogP contribution in [0.25, 0.3) is 0 Å². The van der Waals surface area contributed by atoms with Crippen molar-refractivity contribution in [1.29, 1.82) is 0 Å². The fourth-order valence-electron chi connectivity index (χ4n) is 0.995. The van der Waals surface area contributed by atoms with Gasteiger partial charge >= 0.3 is 5.97 Å². The van der Waals surface area contributed by atoms with Crippen LogP contribution >= 0.6 is 0 Å². The number of carbonyl (C=O) groups excluding carboxylic acids is 2. The van der Waals surface area contributed by atoms with Crippen LogP contribution in [-0.4, -0.2) is 22.9 Å². The molecule has 0 aliphatic rings. The van der Waals surface area contributed by atoms with Gasteiger partial charge in [-0.25, -0.2) is 4.79 Å². The number of carbonyl (C=O) groups is 3. The summed E-state index contributed by atoms with van der Waals surface area (Å²) in [4.78, 5) is 32.6. The average molecular weight is 238 g/mol. The molecule has 0 saturated carbocycles. The molecule has 90 valence electrons. The lowest BCUT2D eigenvalue weighted by Crippen LogP contribution is -2.40. The van der Waals surface area contributed by atoms with Gasteiger partial charge in [0.15, 0.2) is 0 Å². The number of furan rings is 1. The molecule has 7 heteroatoms. The Kier molecular flexibility index (Phi) is 4.04. The summed E-state index contributed by atoms with van der Waals surface area (Å²) < 4.78 is 4.91. The van der Waals surface area contributed by atoms with Crippen LogP contribution in [0.5, 0.6) is 0 Å². The molecule has 1 aromatic rings. The molecule has 0 aliphatic heterocycles. The van der Waals surface area contributed by atoms with Gasteiger partial charge in [-0.1, -0.05) is 0 Å². The third-order valence-corrected chi connectivity index (χ3v) is 1.78. The Morgan fingerprint density at radius 1 is 1.29 bits per heavy atom. The summed E-state index contributed by atoms with van der Waals surface area (Å²) in [7, 11) is 0. The summed E-state index contributed by atoms with van der Waals surface area (Å²) in [5.74, 6) is -2.13. The molecule has 0 fully saturated rings. The lowest BCUT2D eigenvalue weighted by molar-refractivity contribution is -0.131. The van der Waals surface area contributed by atoms with E-state index in [9.17, 15) is 14.4 Å². The molecule has 0 aromatic carbocycles. The van der Waals surface area contributed by atoms with E-state index in [1.807, 2.05) is 5.43 Å². The zero-order chi connectivity index (χ0) is 12.8. The van der Waals surface area contributed by atoms with Crippen LogP contribution in [0.3, 0.4) is 0 Å². The molecule has 7 nitrogen and oxygen atoms in total. The SMILES string of the molecule is Cc1occc1C(=O)NNC(=O)C=CC(=O)O. The number of amides is 2. The van der Waals surface area contributed by atoms with E-state index in [1.54, 1.807) is 6.92 Å². The minimum Gasteiger partial charge on any atom is -0.478 e. The van der Waals surface area contributed by atoms with E-state index in [4.69, 9.17) is 9.52 Å². The standard InChI is InChI=1S/C10H10N2O5/c1-6-7(4-5-17-6)10(16)12-11-8(13)2-3-9(14)15/h2-5H,1H3,(H,11,13)(H,12,16)(H,14,15). The smallest absolute Gasteiger partial charge is 0.328 e. The van der Waals surface area contributed by atoms with Crippen molar-refractivity contribution in [3.05, 3.63) is 35.8 Å². The number of hydrogen-bond donors (Lipinski definition) is 3. The third-order valence-electron chi connectivity index (χ3n) is 1.78. The highest BCUT2D eigenvalue weighted by molar-refractivity contribution is 5.98. The first-order valence-corrected chi connectivity index (χ1v) is 4.56. The second-order valence-corrected chi connectivity index (χ2v) is 3.01. The Hall–Kier alpha value is -2.57. The number of hydrazine groups is 1. The Bertz CT molecular complexity index is 475. The van der Waals surface area contributed by atoms with Crippen molar-refractivity contribution < 1.29 is 23.9 Å². The predicted molar refractivity (Wildman–Crippen MR) is 55.8 cm³/mol. The van der Waals surface area contributed by atoms with Gasteiger partial charge in [-0.2, -0.15) is 0 Å². The van der Waals surface area contributed by atoms with E-state index in [2.05, 4.69) is 5.43 Å². The lowest BCUT2D eigenvalue weighted by Gasteiger charge is -2.03. The second-order valence-electron chi connectivity index (χ2n) is 3.01. The van der Waals surface area contributed by atoms with Gasteiger partial charge in [0, 0.05) is 12.2 Å². The van der Waals surface area contributed by atoms with E-state index < -0.39 is 17.8 Å². The molecule has 0 radical (unpaired) electrons. The molecule has 2 amide bonds. The Morgan fingerprint density at radius 3 is 2.53 bits per heavy atom. The predicted octanol–water partition coefficient (Wildman–Crippen LogP) is -0.0102. The van der Waals surface area contributed by atoms with Gasteiger partial charge in [0.2, 0.25) is 0 Å². The molecule has 17 heavy (non-hydrogen) atoms. The molecule has 1 aromatic heterocycles. The quantitative estimate of drug-likeness (QED) is 0.507.